The fourth-order valence-electron chi connectivity index (χ4n) is 3.43. The third kappa shape index (κ3) is 3.17. The summed E-state index contributed by atoms with van der Waals surface area (Å²) in [7, 11) is -2.09. The minimum absolute atomic E-state index is 0.0796. The topological polar surface area (TPSA) is 64.0 Å². The molecular weight excluding hydrogens is 365 g/mol. The summed E-state index contributed by atoms with van der Waals surface area (Å²) in [5, 5.41) is 3.09. The van der Waals surface area contributed by atoms with Crippen LogP contribution in [0, 0.1) is 5.82 Å². The van der Waals surface area contributed by atoms with Gasteiger partial charge >= 0.3 is 0 Å². The molecule has 1 aliphatic rings. The Bertz CT molecular complexity index is 1070. The Morgan fingerprint density at radius 1 is 1.22 bits per heavy atom. The van der Waals surface area contributed by atoms with E-state index in [1.807, 2.05) is 7.05 Å². The van der Waals surface area contributed by atoms with Gasteiger partial charge in [-0.2, -0.15) is 0 Å². The second kappa shape index (κ2) is 6.90. The summed E-state index contributed by atoms with van der Waals surface area (Å²) in [6.45, 7) is 0.517. The first kappa shape index (κ1) is 17.9. The van der Waals surface area contributed by atoms with E-state index in [0.29, 0.717) is 17.8 Å². The second-order valence-electron chi connectivity index (χ2n) is 6.69. The highest BCUT2D eigenvalue weighted by atomic mass is 32.2. The van der Waals surface area contributed by atoms with Gasteiger partial charge in [-0.15, -0.1) is 0 Å². The Hall–Kier alpha value is -2.51. The number of benzene rings is 1. The van der Waals surface area contributed by atoms with E-state index in [9.17, 15) is 12.8 Å². The molecule has 1 N–H and O–H groups in total. The number of pyridine rings is 1. The van der Waals surface area contributed by atoms with Crippen molar-refractivity contribution in [3.8, 4) is 11.3 Å². The summed E-state index contributed by atoms with van der Waals surface area (Å²) in [6.07, 6.45) is 6.42. The van der Waals surface area contributed by atoms with E-state index in [4.69, 9.17) is 0 Å². The average molecular weight is 385 g/mol. The zero-order valence-corrected chi connectivity index (χ0v) is 15.7. The van der Waals surface area contributed by atoms with Crippen LogP contribution in [0.5, 0.6) is 0 Å². The standard InChI is InChI=1S/C20H20FN3O2S/c1-22-11-15-13-24(27(25,26)16-5-4-10-23-12-16)20(19(15)14-8-9-14)17-6-2-3-7-18(17)21/h2-7,10,12-14,22H,8-9,11H2,1H3. The number of nitrogens with one attached hydrogen (secondary N) is 1. The molecule has 4 rings (SSSR count). The van der Waals surface area contributed by atoms with Crippen molar-refractivity contribution in [3.05, 3.63) is 71.9 Å². The zero-order valence-electron chi connectivity index (χ0n) is 14.9. The first-order valence-electron chi connectivity index (χ1n) is 8.83. The van der Waals surface area contributed by atoms with Crippen LogP contribution in [0.2, 0.25) is 0 Å². The smallest absolute Gasteiger partial charge is 0.269 e. The maximum absolute atomic E-state index is 14.7. The lowest BCUT2D eigenvalue weighted by atomic mass is 10.0. The zero-order chi connectivity index (χ0) is 19.0. The van der Waals surface area contributed by atoms with E-state index in [1.165, 1.54) is 28.5 Å². The van der Waals surface area contributed by atoms with E-state index in [1.54, 1.807) is 30.5 Å². The molecule has 1 aliphatic carbocycles. The minimum atomic E-state index is -3.90. The van der Waals surface area contributed by atoms with Crippen molar-refractivity contribution in [2.45, 2.75) is 30.2 Å². The summed E-state index contributed by atoms with van der Waals surface area (Å²) in [6, 6.07) is 9.40. The first-order valence-corrected chi connectivity index (χ1v) is 10.3. The molecule has 7 heteroatoms. The van der Waals surface area contributed by atoms with Crippen LogP contribution in [0.15, 0.2) is 59.9 Å². The predicted octanol–water partition coefficient (Wildman–Crippen LogP) is 3.52. The molecule has 140 valence electrons. The van der Waals surface area contributed by atoms with Gasteiger partial charge in [0.25, 0.3) is 10.0 Å². The highest BCUT2D eigenvalue weighted by Gasteiger charge is 2.35. The van der Waals surface area contributed by atoms with Gasteiger partial charge < -0.3 is 5.32 Å². The molecule has 5 nitrogen and oxygen atoms in total. The number of nitrogens with zero attached hydrogens (tertiary/aromatic N) is 2. The molecule has 1 saturated carbocycles. The van der Waals surface area contributed by atoms with Crippen LogP contribution in [-0.2, 0) is 16.6 Å². The SMILES string of the molecule is CNCc1cn(S(=O)(=O)c2cccnc2)c(-c2ccccc2F)c1C1CC1. The third-order valence-electron chi connectivity index (χ3n) is 4.77. The van der Waals surface area contributed by atoms with Crippen LogP contribution in [0.4, 0.5) is 4.39 Å². The molecule has 0 saturated heterocycles. The number of aromatic nitrogens is 2. The Balaban J connectivity index is 2.02. The fourth-order valence-corrected chi connectivity index (χ4v) is 4.80. The lowest BCUT2D eigenvalue weighted by Gasteiger charge is -2.13. The van der Waals surface area contributed by atoms with Crippen LogP contribution < -0.4 is 5.32 Å². The van der Waals surface area contributed by atoms with Crippen molar-refractivity contribution >= 4 is 10.0 Å². The molecule has 0 unspecified atom stereocenters. The Morgan fingerprint density at radius 3 is 2.63 bits per heavy atom. The number of rotatable bonds is 6. The molecule has 0 atom stereocenters. The Morgan fingerprint density at radius 2 is 2.00 bits per heavy atom. The summed E-state index contributed by atoms with van der Waals surface area (Å²) in [5.41, 5.74) is 2.52. The van der Waals surface area contributed by atoms with E-state index >= 15 is 0 Å². The summed E-state index contributed by atoms with van der Waals surface area (Å²) >= 11 is 0. The van der Waals surface area contributed by atoms with Crippen LogP contribution in [0.3, 0.4) is 0 Å². The summed E-state index contributed by atoms with van der Waals surface area (Å²) in [4.78, 5) is 4.01. The van der Waals surface area contributed by atoms with E-state index in [2.05, 4.69) is 10.3 Å². The van der Waals surface area contributed by atoms with Crippen molar-refractivity contribution in [1.82, 2.24) is 14.3 Å². The highest BCUT2D eigenvalue weighted by molar-refractivity contribution is 7.90. The van der Waals surface area contributed by atoms with Crippen LogP contribution in [0.1, 0.15) is 29.9 Å². The van der Waals surface area contributed by atoms with Crippen LogP contribution in [0.25, 0.3) is 11.3 Å². The molecule has 27 heavy (non-hydrogen) atoms. The lowest BCUT2D eigenvalue weighted by Crippen LogP contribution is -2.14. The largest absolute Gasteiger partial charge is 0.316 e. The van der Waals surface area contributed by atoms with Crippen molar-refractivity contribution < 1.29 is 12.8 Å². The van der Waals surface area contributed by atoms with Gasteiger partial charge in [0, 0.05) is 30.7 Å². The van der Waals surface area contributed by atoms with Gasteiger partial charge in [0.05, 0.1) is 5.69 Å². The lowest BCUT2D eigenvalue weighted by molar-refractivity contribution is 0.587. The molecule has 2 aromatic heterocycles. The average Bonchev–Trinajstić information content (AvgIpc) is 3.44. The minimum Gasteiger partial charge on any atom is -0.316 e. The van der Waals surface area contributed by atoms with Gasteiger partial charge in [0.1, 0.15) is 10.7 Å². The molecule has 0 bridgehead atoms. The number of hydrogen-bond acceptors (Lipinski definition) is 4. The first-order chi connectivity index (χ1) is 13.0. The van der Waals surface area contributed by atoms with E-state index in [0.717, 1.165) is 24.0 Å². The van der Waals surface area contributed by atoms with E-state index < -0.39 is 15.8 Å². The van der Waals surface area contributed by atoms with Gasteiger partial charge in [-0.05, 0) is 61.2 Å². The molecule has 0 aliphatic heterocycles. The van der Waals surface area contributed by atoms with Gasteiger partial charge in [-0.3, -0.25) is 4.98 Å². The van der Waals surface area contributed by atoms with Gasteiger partial charge in [-0.1, -0.05) is 12.1 Å². The highest BCUT2D eigenvalue weighted by Crippen LogP contribution is 2.48. The maximum Gasteiger partial charge on any atom is 0.269 e. The van der Waals surface area contributed by atoms with Gasteiger partial charge in [0.15, 0.2) is 0 Å². The molecule has 3 aromatic rings. The predicted molar refractivity (Wildman–Crippen MR) is 101 cm³/mol. The van der Waals surface area contributed by atoms with Crippen LogP contribution in [-0.4, -0.2) is 24.4 Å². The van der Waals surface area contributed by atoms with Crippen molar-refractivity contribution in [2.75, 3.05) is 7.05 Å². The summed E-state index contributed by atoms with van der Waals surface area (Å²) < 4.78 is 42.6. The summed E-state index contributed by atoms with van der Waals surface area (Å²) in [5.74, 6) is -0.176. The second-order valence-corrected chi connectivity index (χ2v) is 8.51. The maximum atomic E-state index is 14.7. The molecule has 0 spiro atoms. The molecular formula is C20H20FN3O2S. The molecule has 1 aromatic carbocycles. The van der Waals surface area contributed by atoms with Gasteiger partial charge in [-0.25, -0.2) is 16.8 Å². The molecule has 0 amide bonds. The number of hydrogen-bond donors (Lipinski definition) is 1. The van der Waals surface area contributed by atoms with Crippen molar-refractivity contribution in [1.29, 1.82) is 0 Å². The number of halogens is 1. The normalized spacial score (nSPS) is 14.4. The molecule has 1 fully saturated rings. The van der Waals surface area contributed by atoms with Crippen molar-refractivity contribution in [3.63, 3.8) is 0 Å². The van der Waals surface area contributed by atoms with Crippen molar-refractivity contribution in [2.24, 2.45) is 0 Å². The van der Waals surface area contributed by atoms with Gasteiger partial charge in [0.2, 0.25) is 0 Å². The van der Waals surface area contributed by atoms with Crippen LogP contribution >= 0.6 is 0 Å². The third-order valence-corrected chi connectivity index (χ3v) is 6.41. The quantitative estimate of drug-likeness (QED) is 0.705. The Labute approximate surface area is 157 Å². The Kier molecular flexibility index (Phi) is 4.57. The fraction of sp³-hybridized carbons (Fsp3) is 0.250. The monoisotopic (exact) mass is 385 g/mol. The molecule has 2 heterocycles. The molecule has 0 radical (unpaired) electrons. The van der Waals surface area contributed by atoms with E-state index in [-0.39, 0.29) is 10.8 Å².